The molecule has 3 heteroatoms. The third-order valence-corrected chi connectivity index (χ3v) is 10.3. The van der Waals surface area contributed by atoms with Crippen LogP contribution in [0.5, 0.6) is 0 Å². The minimum Gasteiger partial charge on any atom is -0.277 e. The molecule has 0 radical (unpaired) electrons. The Morgan fingerprint density at radius 2 is 0.868 bits per heavy atom. The van der Waals surface area contributed by atoms with Crippen LogP contribution >= 0.6 is 0 Å². The number of hydrogen-bond acceptors (Lipinski definition) is 2. The molecule has 10 rings (SSSR count). The van der Waals surface area contributed by atoms with Crippen molar-refractivity contribution in [2.75, 3.05) is 0 Å². The van der Waals surface area contributed by atoms with Crippen molar-refractivity contribution < 1.29 is 0 Å². The summed E-state index contributed by atoms with van der Waals surface area (Å²) >= 11 is 0. The number of fused-ring (bicyclic) bond motifs is 5. The zero-order chi connectivity index (χ0) is 35.1. The molecule has 0 unspecified atom stereocenters. The molecule has 0 fully saturated rings. The van der Waals surface area contributed by atoms with Gasteiger partial charge in [-0.3, -0.25) is 4.57 Å². The summed E-state index contributed by atoms with van der Waals surface area (Å²) in [5.74, 6) is 0.649. The molecule has 248 valence electrons. The molecule has 2 aromatic heterocycles. The lowest BCUT2D eigenvalue weighted by molar-refractivity contribution is 0.994. The standard InChI is InChI=1S/C50H33N3/c1-3-10-34(11-4-1)36-18-22-38(23-19-36)41-15-9-16-43(32-41)47-30-31-51-50(52-47)53-48-29-27-42(39-24-20-37(21-25-39)35-12-5-2-6-13-35)33-46(48)45-28-26-40-14-7-8-17-44(40)49(45)53/h1-33H. The van der Waals surface area contributed by atoms with Gasteiger partial charge in [-0.2, -0.15) is 0 Å². The molecule has 0 amide bonds. The molecule has 10 aromatic rings. The smallest absolute Gasteiger partial charge is 0.235 e. The first-order chi connectivity index (χ1) is 26.3. The van der Waals surface area contributed by atoms with E-state index >= 15 is 0 Å². The number of aromatic nitrogens is 3. The molecule has 0 aliphatic carbocycles. The first kappa shape index (κ1) is 30.7. The molecular weight excluding hydrogens is 643 g/mol. The van der Waals surface area contributed by atoms with E-state index in [1.165, 1.54) is 60.5 Å². The van der Waals surface area contributed by atoms with Crippen LogP contribution in [0.1, 0.15) is 0 Å². The lowest BCUT2D eigenvalue weighted by Gasteiger charge is -2.11. The summed E-state index contributed by atoms with van der Waals surface area (Å²) in [6, 6.07) is 69.1. The lowest BCUT2D eigenvalue weighted by Crippen LogP contribution is -2.02. The van der Waals surface area contributed by atoms with E-state index in [4.69, 9.17) is 9.97 Å². The van der Waals surface area contributed by atoms with Crippen molar-refractivity contribution >= 4 is 32.6 Å². The van der Waals surface area contributed by atoms with Gasteiger partial charge in [-0.25, -0.2) is 9.97 Å². The summed E-state index contributed by atoms with van der Waals surface area (Å²) in [5, 5.41) is 4.70. The van der Waals surface area contributed by atoms with Crippen molar-refractivity contribution in [1.29, 1.82) is 0 Å². The van der Waals surface area contributed by atoms with Gasteiger partial charge in [0.05, 0.1) is 16.7 Å². The van der Waals surface area contributed by atoms with Crippen LogP contribution in [0.15, 0.2) is 200 Å². The van der Waals surface area contributed by atoms with E-state index in [-0.39, 0.29) is 0 Å². The predicted octanol–water partition coefficient (Wildman–Crippen LogP) is 13.1. The van der Waals surface area contributed by atoms with Crippen molar-refractivity contribution in [1.82, 2.24) is 14.5 Å². The van der Waals surface area contributed by atoms with Crippen LogP contribution in [0, 0.1) is 0 Å². The Labute approximate surface area is 308 Å². The molecule has 0 atom stereocenters. The highest BCUT2D eigenvalue weighted by atomic mass is 15.2. The van der Waals surface area contributed by atoms with Gasteiger partial charge in [-0.15, -0.1) is 0 Å². The zero-order valence-electron chi connectivity index (χ0n) is 28.9. The second kappa shape index (κ2) is 12.9. The molecule has 0 N–H and O–H groups in total. The highest BCUT2D eigenvalue weighted by Crippen LogP contribution is 2.38. The average Bonchev–Trinajstić information content (AvgIpc) is 3.59. The maximum absolute atomic E-state index is 5.25. The summed E-state index contributed by atoms with van der Waals surface area (Å²) in [7, 11) is 0. The monoisotopic (exact) mass is 675 g/mol. The number of benzene rings is 8. The number of hydrogen-bond donors (Lipinski definition) is 0. The van der Waals surface area contributed by atoms with E-state index in [0.717, 1.165) is 27.9 Å². The first-order valence-corrected chi connectivity index (χ1v) is 18.0. The van der Waals surface area contributed by atoms with Gasteiger partial charge in [-0.1, -0.05) is 170 Å². The summed E-state index contributed by atoms with van der Waals surface area (Å²) in [6.07, 6.45) is 1.88. The van der Waals surface area contributed by atoms with Gasteiger partial charge in [0.1, 0.15) is 0 Å². The SMILES string of the molecule is c1ccc(-c2ccc(-c3cccc(-c4ccnc(-n5c6ccc(-c7ccc(-c8ccccc8)cc7)cc6c6ccc7ccccc7c65)n4)c3)cc2)cc1. The van der Waals surface area contributed by atoms with Crippen LogP contribution in [0.3, 0.4) is 0 Å². The third-order valence-electron chi connectivity index (χ3n) is 10.3. The molecule has 0 aliphatic heterocycles. The minimum atomic E-state index is 0.649. The van der Waals surface area contributed by atoms with Gasteiger partial charge < -0.3 is 0 Å². The number of nitrogens with zero attached hydrogens (tertiary/aromatic N) is 3. The van der Waals surface area contributed by atoms with E-state index < -0.39 is 0 Å². The van der Waals surface area contributed by atoms with Gasteiger partial charge in [0.25, 0.3) is 0 Å². The molecule has 0 saturated carbocycles. The summed E-state index contributed by atoms with van der Waals surface area (Å²) in [6.45, 7) is 0. The van der Waals surface area contributed by atoms with Gasteiger partial charge in [0, 0.05) is 27.9 Å². The van der Waals surface area contributed by atoms with Crippen LogP contribution in [0.2, 0.25) is 0 Å². The van der Waals surface area contributed by atoms with Gasteiger partial charge in [0.15, 0.2) is 0 Å². The Hall–Kier alpha value is -7.10. The molecule has 3 nitrogen and oxygen atoms in total. The normalized spacial score (nSPS) is 11.4. The summed E-state index contributed by atoms with van der Waals surface area (Å²) in [5.41, 5.74) is 13.6. The molecule has 0 spiro atoms. The topological polar surface area (TPSA) is 30.7 Å². The second-order valence-corrected chi connectivity index (χ2v) is 13.5. The molecule has 53 heavy (non-hydrogen) atoms. The van der Waals surface area contributed by atoms with Crippen LogP contribution in [-0.4, -0.2) is 14.5 Å². The quantitative estimate of drug-likeness (QED) is 0.176. The minimum absolute atomic E-state index is 0.649. The highest BCUT2D eigenvalue weighted by molar-refractivity contribution is 6.19. The molecule has 0 saturated heterocycles. The average molecular weight is 676 g/mol. The van der Waals surface area contributed by atoms with Gasteiger partial charge >= 0.3 is 0 Å². The van der Waals surface area contributed by atoms with Crippen molar-refractivity contribution in [3.05, 3.63) is 200 Å². The Kier molecular flexibility index (Phi) is 7.47. The van der Waals surface area contributed by atoms with E-state index in [1.807, 2.05) is 18.3 Å². The third kappa shape index (κ3) is 5.56. The van der Waals surface area contributed by atoms with Crippen molar-refractivity contribution in [3.8, 4) is 61.7 Å². The number of rotatable bonds is 6. The Morgan fingerprint density at radius 3 is 1.55 bits per heavy atom. The largest absolute Gasteiger partial charge is 0.277 e. The Morgan fingerprint density at radius 1 is 0.340 bits per heavy atom. The van der Waals surface area contributed by atoms with E-state index in [1.54, 1.807) is 0 Å². The van der Waals surface area contributed by atoms with Crippen molar-refractivity contribution in [3.63, 3.8) is 0 Å². The van der Waals surface area contributed by atoms with Crippen LogP contribution in [0.4, 0.5) is 0 Å². The fourth-order valence-electron chi connectivity index (χ4n) is 7.61. The van der Waals surface area contributed by atoms with E-state index in [2.05, 4.69) is 187 Å². The Bertz CT molecular complexity index is 2910. The summed E-state index contributed by atoms with van der Waals surface area (Å²) < 4.78 is 2.24. The van der Waals surface area contributed by atoms with Crippen molar-refractivity contribution in [2.24, 2.45) is 0 Å². The maximum atomic E-state index is 5.25. The van der Waals surface area contributed by atoms with Gasteiger partial charge in [0.2, 0.25) is 5.95 Å². The summed E-state index contributed by atoms with van der Waals surface area (Å²) in [4.78, 5) is 10.2. The molecule has 8 aromatic carbocycles. The molecular formula is C50H33N3. The highest BCUT2D eigenvalue weighted by Gasteiger charge is 2.18. The van der Waals surface area contributed by atoms with Crippen LogP contribution in [0.25, 0.3) is 94.3 Å². The fourth-order valence-corrected chi connectivity index (χ4v) is 7.61. The molecule has 0 aliphatic rings. The van der Waals surface area contributed by atoms with Crippen molar-refractivity contribution in [2.45, 2.75) is 0 Å². The zero-order valence-corrected chi connectivity index (χ0v) is 28.9. The first-order valence-electron chi connectivity index (χ1n) is 18.0. The van der Waals surface area contributed by atoms with Gasteiger partial charge in [-0.05, 0) is 74.2 Å². The predicted molar refractivity (Wildman–Crippen MR) is 221 cm³/mol. The fraction of sp³-hybridized carbons (Fsp3) is 0. The lowest BCUT2D eigenvalue weighted by atomic mass is 9.98. The van der Waals surface area contributed by atoms with Crippen LogP contribution in [-0.2, 0) is 0 Å². The second-order valence-electron chi connectivity index (χ2n) is 13.5. The van der Waals surface area contributed by atoms with Crippen LogP contribution < -0.4 is 0 Å². The van der Waals surface area contributed by atoms with E-state index in [0.29, 0.717) is 5.95 Å². The van der Waals surface area contributed by atoms with E-state index in [9.17, 15) is 0 Å². The Balaban J connectivity index is 1.07. The molecule has 2 heterocycles. The maximum Gasteiger partial charge on any atom is 0.235 e. The molecule has 0 bridgehead atoms.